The summed E-state index contributed by atoms with van der Waals surface area (Å²) in [4.78, 5) is 2.56. The van der Waals surface area contributed by atoms with Gasteiger partial charge in [-0.1, -0.05) is 0 Å². The molecular weight excluding hydrogens is 347 g/mol. The van der Waals surface area contributed by atoms with E-state index in [9.17, 15) is 0 Å². The second-order valence-electron chi connectivity index (χ2n) is 5.89. The Morgan fingerprint density at radius 1 is 0.895 bits per heavy atom. The number of halogens is 1. The molecule has 1 N–H and O–H groups in total. The summed E-state index contributed by atoms with van der Waals surface area (Å²) >= 11 is 2.38. The number of hydrogen-bond acceptors (Lipinski definition) is 2. The lowest BCUT2D eigenvalue weighted by Gasteiger charge is -2.38. The van der Waals surface area contributed by atoms with Gasteiger partial charge in [0.05, 0.1) is 0 Å². The maximum atomic E-state index is 3.48. The Bertz CT molecular complexity index is 390. The number of nitrogens with zero attached hydrogens (tertiary/aromatic N) is 1. The van der Waals surface area contributed by atoms with Crippen molar-refractivity contribution in [1.82, 2.24) is 5.32 Å². The van der Waals surface area contributed by atoms with Gasteiger partial charge < -0.3 is 10.2 Å². The summed E-state index contributed by atoms with van der Waals surface area (Å²) in [6, 6.07) is 8.98. The quantitative estimate of drug-likeness (QED) is 0.802. The standard InChI is InChI=1S/C16H23IN2/c17-15-1-3-16(4-2-15)19-11-7-14(8-12-19)13-5-9-18-10-6-13/h1-4,13-14,18H,5-12H2. The van der Waals surface area contributed by atoms with E-state index in [0.717, 1.165) is 11.8 Å². The SMILES string of the molecule is Ic1ccc(N2CCC(C3CCNCC3)CC2)cc1. The molecule has 0 amide bonds. The fourth-order valence-electron chi connectivity index (χ4n) is 3.60. The van der Waals surface area contributed by atoms with E-state index in [1.54, 1.807) is 0 Å². The highest BCUT2D eigenvalue weighted by atomic mass is 127. The normalized spacial score (nSPS) is 22.7. The molecule has 1 aromatic carbocycles. The van der Waals surface area contributed by atoms with Crippen LogP contribution in [0.5, 0.6) is 0 Å². The van der Waals surface area contributed by atoms with Crippen molar-refractivity contribution < 1.29 is 0 Å². The molecule has 104 valence electrons. The van der Waals surface area contributed by atoms with Crippen LogP contribution in [0.3, 0.4) is 0 Å². The van der Waals surface area contributed by atoms with Crippen molar-refractivity contribution >= 4 is 28.3 Å². The summed E-state index contributed by atoms with van der Waals surface area (Å²) in [5.74, 6) is 1.96. The van der Waals surface area contributed by atoms with Gasteiger partial charge in [-0.3, -0.25) is 0 Å². The number of hydrogen-bond donors (Lipinski definition) is 1. The molecular formula is C16H23IN2. The van der Waals surface area contributed by atoms with E-state index in [4.69, 9.17) is 0 Å². The van der Waals surface area contributed by atoms with Gasteiger partial charge >= 0.3 is 0 Å². The van der Waals surface area contributed by atoms with Gasteiger partial charge in [-0.25, -0.2) is 0 Å². The number of benzene rings is 1. The zero-order valence-corrected chi connectivity index (χ0v) is 13.6. The average Bonchev–Trinajstić information content (AvgIpc) is 2.49. The summed E-state index contributed by atoms with van der Waals surface area (Å²) in [5, 5.41) is 3.48. The Kier molecular flexibility index (Phi) is 4.64. The van der Waals surface area contributed by atoms with Crippen LogP contribution in [0, 0.1) is 15.4 Å². The lowest BCUT2D eigenvalue weighted by atomic mass is 9.79. The average molecular weight is 370 g/mol. The van der Waals surface area contributed by atoms with Crippen molar-refractivity contribution in [2.45, 2.75) is 25.7 Å². The molecule has 3 heteroatoms. The molecule has 3 rings (SSSR count). The summed E-state index contributed by atoms with van der Waals surface area (Å²) in [5.41, 5.74) is 1.41. The summed E-state index contributed by atoms with van der Waals surface area (Å²) in [6.45, 7) is 4.97. The Morgan fingerprint density at radius 2 is 1.47 bits per heavy atom. The molecule has 2 fully saturated rings. The number of piperidine rings is 2. The highest BCUT2D eigenvalue weighted by Crippen LogP contribution is 2.32. The third-order valence-electron chi connectivity index (χ3n) is 4.78. The zero-order chi connectivity index (χ0) is 13.1. The van der Waals surface area contributed by atoms with Gasteiger partial charge in [0.2, 0.25) is 0 Å². The molecule has 2 aliphatic rings. The molecule has 1 aromatic rings. The summed E-state index contributed by atoms with van der Waals surface area (Å²) in [7, 11) is 0. The van der Waals surface area contributed by atoms with Crippen molar-refractivity contribution in [3.8, 4) is 0 Å². The number of anilines is 1. The van der Waals surface area contributed by atoms with E-state index >= 15 is 0 Å². The molecule has 0 unspecified atom stereocenters. The molecule has 0 aromatic heterocycles. The van der Waals surface area contributed by atoms with Gasteiger partial charge in [-0.15, -0.1) is 0 Å². The van der Waals surface area contributed by atoms with Crippen LogP contribution in [0.15, 0.2) is 24.3 Å². The molecule has 2 heterocycles. The second kappa shape index (κ2) is 6.44. The molecule has 0 saturated carbocycles. The predicted molar refractivity (Wildman–Crippen MR) is 89.7 cm³/mol. The van der Waals surface area contributed by atoms with E-state index in [-0.39, 0.29) is 0 Å². The molecule has 0 atom stereocenters. The summed E-state index contributed by atoms with van der Waals surface area (Å²) in [6.07, 6.45) is 5.57. The minimum Gasteiger partial charge on any atom is -0.372 e. The van der Waals surface area contributed by atoms with Crippen molar-refractivity contribution in [3.63, 3.8) is 0 Å². The van der Waals surface area contributed by atoms with E-state index in [1.807, 2.05) is 0 Å². The van der Waals surface area contributed by atoms with Crippen molar-refractivity contribution in [2.75, 3.05) is 31.1 Å². The van der Waals surface area contributed by atoms with Gasteiger partial charge in [0.15, 0.2) is 0 Å². The molecule has 2 saturated heterocycles. The predicted octanol–water partition coefficient (Wildman–Crippen LogP) is 3.51. The maximum absolute atomic E-state index is 3.48. The van der Waals surface area contributed by atoms with Crippen LogP contribution in [-0.4, -0.2) is 26.2 Å². The molecule has 0 radical (unpaired) electrons. The van der Waals surface area contributed by atoms with Gasteiger partial charge in [-0.05, 0) is 97.5 Å². The smallest absolute Gasteiger partial charge is 0.0366 e. The largest absolute Gasteiger partial charge is 0.372 e. The topological polar surface area (TPSA) is 15.3 Å². The number of nitrogens with one attached hydrogen (secondary N) is 1. The van der Waals surface area contributed by atoms with Crippen LogP contribution >= 0.6 is 22.6 Å². The molecule has 0 spiro atoms. The van der Waals surface area contributed by atoms with E-state index in [1.165, 1.54) is 61.1 Å². The first kappa shape index (κ1) is 13.7. The van der Waals surface area contributed by atoms with E-state index < -0.39 is 0 Å². The minimum absolute atomic E-state index is 0.974. The Balaban J connectivity index is 1.55. The third-order valence-corrected chi connectivity index (χ3v) is 5.50. The van der Waals surface area contributed by atoms with Crippen LogP contribution in [0.25, 0.3) is 0 Å². The fraction of sp³-hybridized carbons (Fsp3) is 0.625. The zero-order valence-electron chi connectivity index (χ0n) is 11.4. The molecule has 0 aliphatic carbocycles. The van der Waals surface area contributed by atoms with Gasteiger partial charge in [0, 0.05) is 22.3 Å². The Morgan fingerprint density at radius 3 is 2.11 bits per heavy atom. The lowest BCUT2D eigenvalue weighted by molar-refractivity contribution is 0.222. The van der Waals surface area contributed by atoms with Gasteiger partial charge in [0.25, 0.3) is 0 Å². The van der Waals surface area contributed by atoms with Crippen LogP contribution < -0.4 is 10.2 Å². The van der Waals surface area contributed by atoms with E-state index in [0.29, 0.717) is 0 Å². The second-order valence-corrected chi connectivity index (χ2v) is 7.13. The lowest BCUT2D eigenvalue weighted by Crippen LogP contribution is -2.39. The monoisotopic (exact) mass is 370 g/mol. The van der Waals surface area contributed by atoms with Crippen LogP contribution in [0.4, 0.5) is 5.69 Å². The van der Waals surface area contributed by atoms with E-state index in [2.05, 4.69) is 57.1 Å². The third kappa shape index (κ3) is 3.43. The first-order valence-electron chi connectivity index (χ1n) is 7.54. The highest BCUT2D eigenvalue weighted by Gasteiger charge is 2.27. The van der Waals surface area contributed by atoms with Gasteiger partial charge in [-0.2, -0.15) is 0 Å². The molecule has 0 bridgehead atoms. The van der Waals surface area contributed by atoms with Crippen LogP contribution in [-0.2, 0) is 0 Å². The van der Waals surface area contributed by atoms with Crippen LogP contribution in [0.1, 0.15) is 25.7 Å². The van der Waals surface area contributed by atoms with Crippen molar-refractivity contribution in [3.05, 3.63) is 27.8 Å². The van der Waals surface area contributed by atoms with Crippen molar-refractivity contribution in [2.24, 2.45) is 11.8 Å². The van der Waals surface area contributed by atoms with Crippen molar-refractivity contribution in [1.29, 1.82) is 0 Å². The molecule has 2 nitrogen and oxygen atoms in total. The Labute approximate surface area is 130 Å². The molecule has 19 heavy (non-hydrogen) atoms. The summed E-state index contributed by atoms with van der Waals surface area (Å²) < 4.78 is 1.32. The Hall–Kier alpha value is -0.290. The number of rotatable bonds is 2. The fourth-order valence-corrected chi connectivity index (χ4v) is 3.96. The highest BCUT2D eigenvalue weighted by molar-refractivity contribution is 14.1. The first-order chi connectivity index (χ1) is 9.33. The maximum Gasteiger partial charge on any atom is 0.0366 e. The van der Waals surface area contributed by atoms with Crippen LogP contribution in [0.2, 0.25) is 0 Å². The van der Waals surface area contributed by atoms with Gasteiger partial charge in [0.1, 0.15) is 0 Å². The first-order valence-corrected chi connectivity index (χ1v) is 8.62. The molecule has 2 aliphatic heterocycles. The minimum atomic E-state index is 0.974.